The van der Waals surface area contributed by atoms with Crippen molar-refractivity contribution < 1.29 is 19.1 Å². The molecule has 1 aromatic carbocycles. The van der Waals surface area contributed by atoms with Gasteiger partial charge in [-0.1, -0.05) is 12.1 Å². The second-order valence-corrected chi connectivity index (χ2v) is 13.7. The molecule has 3 aromatic heterocycles. The Morgan fingerprint density at radius 1 is 1.00 bits per heavy atom. The zero-order valence-electron chi connectivity index (χ0n) is 28.7. The van der Waals surface area contributed by atoms with Gasteiger partial charge in [-0.15, -0.1) is 0 Å². The van der Waals surface area contributed by atoms with E-state index in [1.165, 1.54) is 22.7 Å². The summed E-state index contributed by atoms with van der Waals surface area (Å²) in [6, 6.07) is 14.1. The van der Waals surface area contributed by atoms with E-state index in [9.17, 15) is 14.4 Å². The molecule has 4 aromatic rings. The maximum atomic E-state index is 14.0. The molecule has 4 aliphatic rings. The number of amides is 1. The van der Waals surface area contributed by atoms with Gasteiger partial charge in [-0.2, -0.15) is 0 Å². The van der Waals surface area contributed by atoms with Crippen molar-refractivity contribution in [2.24, 2.45) is 7.05 Å². The van der Waals surface area contributed by atoms with Crippen LogP contribution in [0.25, 0.3) is 11.1 Å². The Hall–Kier alpha value is -4.94. The van der Waals surface area contributed by atoms with Gasteiger partial charge in [0.15, 0.2) is 0 Å². The number of piperazine rings is 1. The van der Waals surface area contributed by atoms with Crippen molar-refractivity contribution >= 4 is 34.8 Å². The molecular formula is C38H43N7O5. The van der Waals surface area contributed by atoms with E-state index in [-0.39, 0.29) is 18.1 Å². The van der Waals surface area contributed by atoms with Crippen molar-refractivity contribution in [2.75, 3.05) is 61.1 Å². The molecule has 1 N–H and O–H groups in total. The molecule has 0 unspecified atom stereocenters. The van der Waals surface area contributed by atoms with Gasteiger partial charge in [-0.3, -0.25) is 19.3 Å². The van der Waals surface area contributed by atoms with Crippen molar-refractivity contribution in [1.82, 2.24) is 19.0 Å². The number of nitrogens with one attached hydrogen (secondary N) is 1. The first kappa shape index (κ1) is 32.3. The van der Waals surface area contributed by atoms with Gasteiger partial charge in [0.2, 0.25) is 0 Å². The standard InChI is InChI=1S/C38H43N7O5/c1-25(46)50-24-31-30(7-5-9-34(31)45-17-16-44-33-8-4-3-6-26(33)19-35(44)38(45)48)27-18-32(37(47)41(2)21-27)40-36-11-10-28(20-39-36)42-12-14-43(15-13-42)29-22-49-23-29/h5,7,9-11,18-21,29H,3-4,6,8,12-17,22-24H2,1-2H3,(H,39,40). The number of anilines is 4. The van der Waals surface area contributed by atoms with Crippen LogP contribution in [0.2, 0.25) is 0 Å². The molecule has 2 fully saturated rings. The van der Waals surface area contributed by atoms with Crippen molar-refractivity contribution in [3.05, 3.63) is 87.7 Å². The SMILES string of the molecule is CC(=O)OCc1c(-c2cc(Nc3ccc(N4CCN(C5COC5)CC4)cn3)c(=O)n(C)c2)cccc1N1CCn2c(cc3c2CCCC3)C1=O. The zero-order chi connectivity index (χ0) is 34.4. The Balaban J connectivity index is 1.07. The number of pyridine rings is 2. The van der Waals surface area contributed by atoms with Crippen LogP contribution in [0.1, 0.15) is 47.1 Å². The van der Waals surface area contributed by atoms with E-state index in [1.54, 1.807) is 24.2 Å². The number of hydrogen-bond donors (Lipinski definition) is 1. The first-order valence-electron chi connectivity index (χ1n) is 17.6. The van der Waals surface area contributed by atoms with Gasteiger partial charge in [-0.25, -0.2) is 4.98 Å². The molecule has 0 saturated carbocycles. The van der Waals surface area contributed by atoms with Gasteiger partial charge < -0.3 is 33.7 Å². The third-order valence-corrected chi connectivity index (χ3v) is 10.6. The fraction of sp³-hybridized carbons (Fsp3) is 0.421. The summed E-state index contributed by atoms with van der Waals surface area (Å²) in [6.45, 7) is 8.10. The molecule has 260 valence electrons. The molecule has 1 amide bonds. The molecule has 8 rings (SSSR count). The van der Waals surface area contributed by atoms with Crippen LogP contribution in [-0.2, 0) is 47.3 Å². The molecule has 3 aliphatic heterocycles. The highest BCUT2D eigenvalue weighted by molar-refractivity contribution is 6.07. The van der Waals surface area contributed by atoms with Crippen molar-refractivity contribution in [1.29, 1.82) is 0 Å². The first-order valence-corrected chi connectivity index (χ1v) is 17.6. The number of carbonyl (C=O) groups is 2. The topological polar surface area (TPSA) is 114 Å². The molecule has 0 radical (unpaired) electrons. The number of nitrogens with zero attached hydrogens (tertiary/aromatic N) is 6. The number of carbonyl (C=O) groups excluding carboxylic acids is 2. The summed E-state index contributed by atoms with van der Waals surface area (Å²) in [6.07, 6.45) is 7.93. The Morgan fingerprint density at radius 2 is 1.82 bits per heavy atom. The predicted octanol–water partition coefficient (Wildman–Crippen LogP) is 4.12. The molecule has 2 saturated heterocycles. The van der Waals surface area contributed by atoms with Crippen LogP contribution in [0, 0.1) is 0 Å². The second-order valence-electron chi connectivity index (χ2n) is 13.7. The summed E-state index contributed by atoms with van der Waals surface area (Å²) in [5.41, 5.74) is 7.41. The van der Waals surface area contributed by atoms with Crippen LogP contribution >= 0.6 is 0 Å². The van der Waals surface area contributed by atoms with Gasteiger partial charge >= 0.3 is 5.97 Å². The average Bonchev–Trinajstić information content (AvgIpc) is 3.49. The van der Waals surface area contributed by atoms with Crippen molar-refractivity contribution in [2.45, 2.75) is 51.8 Å². The number of ether oxygens (including phenoxy) is 2. The smallest absolute Gasteiger partial charge is 0.302 e. The highest BCUT2D eigenvalue weighted by atomic mass is 16.5. The molecule has 12 nitrogen and oxygen atoms in total. The summed E-state index contributed by atoms with van der Waals surface area (Å²) >= 11 is 0. The molecule has 0 spiro atoms. The minimum absolute atomic E-state index is 0.0144. The van der Waals surface area contributed by atoms with E-state index < -0.39 is 5.97 Å². The number of rotatable bonds is 8. The van der Waals surface area contributed by atoms with Gasteiger partial charge in [0.25, 0.3) is 11.5 Å². The summed E-state index contributed by atoms with van der Waals surface area (Å²) in [5.74, 6) is 0.0928. The lowest BCUT2D eigenvalue weighted by Gasteiger charge is -2.43. The van der Waals surface area contributed by atoms with E-state index in [0.717, 1.165) is 81.9 Å². The van der Waals surface area contributed by atoms with Crippen LogP contribution in [0.5, 0.6) is 0 Å². The molecular weight excluding hydrogens is 634 g/mol. The Labute approximate surface area is 291 Å². The van der Waals surface area contributed by atoms with Crippen LogP contribution < -0.4 is 20.7 Å². The fourth-order valence-corrected chi connectivity index (χ4v) is 7.80. The molecule has 1 aliphatic carbocycles. The maximum absolute atomic E-state index is 14.0. The van der Waals surface area contributed by atoms with Crippen LogP contribution in [0.3, 0.4) is 0 Å². The van der Waals surface area contributed by atoms with Crippen molar-refractivity contribution in [3.8, 4) is 11.1 Å². The van der Waals surface area contributed by atoms with Crippen molar-refractivity contribution in [3.63, 3.8) is 0 Å². The predicted molar refractivity (Wildman–Crippen MR) is 191 cm³/mol. The number of aromatic nitrogens is 3. The van der Waals surface area contributed by atoms with Gasteiger partial charge in [-0.05, 0) is 67.1 Å². The van der Waals surface area contributed by atoms with E-state index in [1.807, 2.05) is 36.5 Å². The normalized spacial score (nSPS) is 18.0. The van der Waals surface area contributed by atoms with Crippen LogP contribution in [0.4, 0.5) is 22.9 Å². The largest absolute Gasteiger partial charge is 0.461 e. The first-order chi connectivity index (χ1) is 24.3. The lowest BCUT2D eigenvalue weighted by atomic mass is 9.98. The summed E-state index contributed by atoms with van der Waals surface area (Å²) in [7, 11) is 1.71. The number of esters is 1. The summed E-state index contributed by atoms with van der Waals surface area (Å²) < 4.78 is 14.7. The maximum Gasteiger partial charge on any atom is 0.302 e. The zero-order valence-corrected chi connectivity index (χ0v) is 28.7. The number of benzene rings is 1. The molecule has 6 heterocycles. The lowest BCUT2D eigenvalue weighted by molar-refractivity contribution is -0.142. The number of hydrogen-bond acceptors (Lipinski definition) is 9. The van der Waals surface area contributed by atoms with Gasteiger partial charge in [0.05, 0.1) is 36.8 Å². The number of aryl methyl sites for hydroxylation is 2. The summed E-state index contributed by atoms with van der Waals surface area (Å²) in [4.78, 5) is 50.7. The fourth-order valence-electron chi connectivity index (χ4n) is 7.80. The highest BCUT2D eigenvalue weighted by Crippen LogP contribution is 2.36. The lowest BCUT2D eigenvalue weighted by Crippen LogP contribution is -2.56. The third kappa shape index (κ3) is 6.07. The average molecular weight is 678 g/mol. The Morgan fingerprint density at radius 3 is 2.56 bits per heavy atom. The molecule has 12 heteroatoms. The minimum atomic E-state index is -0.413. The molecule has 50 heavy (non-hydrogen) atoms. The second kappa shape index (κ2) is 13.4. The monoisotopic (exact) mass is 677 g/mol. The van der Waals surface area contributed by atoms with E-state index in [4.69, 9.17) is 9.47 Å². The van der Waals surface area contributed by atoms with Crippen LogP contribution in [0.15, 0.2) is 59.7 Å². The van der Waals surface area contributed by atoms with Crippen LogP contribution in [-0.4, -0.2) is 82.9 Å². The highest BCUT2D eigenvalue weighted by Gasteiger charge is 2.32. The van der Waals surface area contributed by atoms with E-state index >= 15 is 0 Å². The number of fused-ring (bicyclic) bond motifs is 3. The van der Waals surface area contributed by atoms with E-state index in [0.29, 0.717) is 47.6 Å². The molecule has 0 atom stereocenters. The van der Waals surface area contributed by atoms with Gasteiger partial charge in [0, 0.05) is 76.3 Å². The Kier molecular flexibility index (Phi) is 8.65. The van der Waals surface area contributed by atoms with Gasteiger partial charge in [0.1, 0.15) is 23.8 Å². The Bertz CT molecular complexity index is 1990. The summed E-state index contributed by atoms with van der Waals surface area (Å²) in [5, 5.41) is 3.24. The quantitative estimate of drug-likeness (QED) is 0.275. The molecule has 0 bridgehead atoms. The minimum Gasteiger partial charge on any atom is -0.461 e. The van der Waals surface area contributed by atoms with E-state index in [2.05, 4.69) is 30.7 Å². The third-order valence-electron chi connectivity index (χ3n) is 10.6.